The molecule has 1 saturated heterocycles. The van der Waals surface area contributed by atoms with Crippen molar-refractivity contribution in [3.8, 4) is 11.8 Å². The first-order valence-electron chi connectivity index (χ1n) is 7.31. The van der Waals surface area contributed by atoms with Crippen molar-refractivity contribution in [3.63, 3.8) is 0 Å². The van der Waals surface area contributed by atoms with Crippen LogP contribution < -0.4 is 10.1 Å². The smallest absolute Gasteiger partial charge is 0.130 e. The number of nitrogens with zero attached hydrogens (tertiary/aromatic N) is 2. The van der Waals surface area contributed by atoms with Crippen molar-refractivity contribution in [1.82, 2.24) is 10.2 Å². The highest BCUT2D eigenvalue weighted by atomic mass is 16.5. The number of nitrogens with one attached hydrogen (secondary N) is 1. The number of β-amino-alcohol motifs (C(OH)–C–C–N with tert-alkyl or cyclic N) is 1. The van der Waals surface area contributed by atoms with Crippen molar-refractivity contribution >= 4 is 0 Å². The molecule has 0 radical (unpaired) electrons. The van der Waals surface area contributed by atoms with Gasteiger partial charge in [-0.05, 0) is 38.1 Å². The second-order valence-corrected chi connectivity index (χ2v) is 5.91. The first kappa shape index (κ1) is 15.8. The van der Waals surface area contributed by atoms with Crippen molar-refractivity contribution in [2.45, 2.75) is 25.6 Å². The standard InChI is InChI=1S/C16H23N3O2/c1-16(2,15(20)12-19-9-7-18-8-10-19)21-14-5-3-13(11-17)4-6-14/h3-6,15,18,20H,7-10,12H2,1-2H3. The zero-order valence-corrected chi connectivity index (χ0v) is 12.7. The van der Waals surface area contributed by atoms with E-state index in [4.69, 9.17) is 10.00 Å². The molecule has 1 aliphatic rings. The molecule has 1 atom stereocenters. The van der Waals surface area contributed by atoms with Crippen LogP contribution in [0.25, 0.3) is 0 Å². The molecule has 0 bridgehead atoms. The largest absolute Gasteiger partial charge is 0.485 e. The first-order chi connectivity index (χ1) is 10.0. The van der Waals surface area contributed by atoms with Gasteiger partial charge in [0.1, 0.15) is 17.5 Å². The molecular formula is C16H23N3O2. The average Bonchev–Trinajstić information content (AvgIpc) is 2.48. The fraction of sp³-hybridized carbons (Fsp3) is 0.562. The summed E-state index contributed by atoms with van der Waals surface area (Å²) in [5, 5.41) is 22.5. The highest BCUT2D eigenvalue weighted by Crippen LogP contribution is 2.22. The molecule has 5 nitrogen and oxygen atoms in total. The van der Waals surface area contributed by atoms with E-state index in [1.807, 2.05) is 13.8 Å². The zero-order valence-electron chi connectivity index (χ0n) is 12.7. The molecule has 21 heavy (non-hydrogen) atoms. The number of aliphatic hydroxyl groups is 1. The van der Waals surface area contributed by atoms with Gasteiger partial charge < -0.3 is 15.2 Å². The summed E-state index contributed by atoms with van der Waals surface area (Å²) in [5.74, 6) is 0.665. The third kappa shape index (κ3) is 4.43. The Labute approximate surface area is 126 Å². The van der Waals surface area contributed by atoms with Gasteiger partial charge in [0.05, 0.1) is 11.6 Å². The predicted octanol–water partition coefficient (Wildman–Crippen LogP) is 0.982. The molecule has 114 valence electrons. The molecule has 0 amide bonds. The van der Waals surface area contributed by atoms with Crippen LogP contribution in [0.4, 0.5) is 0 Å². The van der Waals surface area contributed by atoms with E-state index in [1.165, 1.54) is 0 Å². The second-order valence-electron chi connectivity index (χ2n) is 5.91. The lowest BCUT2D eigenvalue weighted by atomic mass is 10.0. The van der Waals surface area contributed by atoms with E-state index in [1.54, 1.807) is 24.3 Å². The maximum absolute atomic E-state index is 10.5. The maximum atomic E-state index is 10.5. The molecule has 0 saturated carbocycles. The van der Waals surface area contributed by atoms with E-state index in [0.29, 0.717) is 17.9 Å². The molecule has 1 aromatic carbocycles. The Bertz CT molecular complexity index is 487. The minimum atomic E-state index is -0.682. The average molecular weight is 289 g/mol. The van der Waals surface area contributed by atoms with Crippen LogP contribution in [0.15, 0.2) is 24.3 Å². The molecule has 0 aliphatic carbocycles. The summed E-state index contributed by atoms with van der Waals surface area (Å²) in [7, 11) is 0. The number of benzene rings is 1. The Morgan fingerprint density at radius 1 is 1.33 bits per heavy atom. The van der Waals surface area contributed by atoms with Gasteiger partial charge in [-0.25, -0.2) is 0 Å². The molecular weight excluding hydrogens is 266 g/mol. The summed E-state index contributed by atoms with van der Waals surface area (Å²) in [5.41, 5.74) is -0.0829. The third-order valence-corrected chi connectivity index (χ3v) is 3.81. The summed E-state index contributed by atoms with van der Waals surface area (Å²) in [6.45, 7) is 8.20. The van der Waals surface area contributed by atoms with Crippen LogP contribution >= 0.6 is 0 Å². The number of piperazine rings is 1. The number of ether oxygens (including phenoxy) is 1. The zero-order chi connectivity index (χ0) is 15.3. The Morgan fingerprint density at radius 2 is 1.95 bits per heavy atom. The molecule has 5 heteroatoms. The van der Waals surface area contributed by atoms with Crippen LogP contribution in [0.2, 0.25) is 0 Å². The highest BCUT2D eigenvalue weighted by Gasteiger charge is 2.31. The van der Waals surface area contributed by atoms with Gasteiger partial charge in [-0.2, -0.15) is 5.26 Å². The van der Waals surface area contributed by atoms with Gasteiger partial charge in [0.15, 0.2) is 0 Å². The van der Waals surface area contributed by atoms with Crippen molar-refractivity contribution in [3.05, 3.63) is 29.8 Å². The molecule has 0 spiro atoms. The molecule has 1 heterocycles. The number of hydrogen-bond acceptors (Lipinski definition) is 5. The van der Waals surface area contributed by atoms with Crippen LogP contribution in [-0.4, -0.2) is 54.4 Å². The SMILES string of the molecule is CC(C)(Oc1ccc(C#N)cc1)C(O)CN1CCNCC1. The molecule has 1 unspecified atom stereocenters. The van der Waals surface area contributed by atoms with E-state index in [-0.39, 0.29) is 0 Å². The molecule has 2 rings (SSSR count). The summed E-state index contributed by atoms with van der Waals surface area (Å²) < 4.78 is 5.90. The van der Waals surface area contributed by atoms with Gasteiger partial charge in [-0.15, -0.1) is 0 Å². The minimum Gasteiger partial charge on any atom is -0.485 e. The van der Waals surface area contributed by atoms with E-state index in [2.05, 4.69) is 16.3 Å². The van der Waals surface area contributed by atoms with Gasteiger partial charge >= 0.3 is 0 Å². The number of nitriles is 1. The van der Waals surface area contributed by atoms with Crippen molar-refractivity contribution in [2.24, 2.45) is 0 Å². The monoisotopic (exact) mass is 289 g/mol. The van der Waals surface area contributed by atoms with Crippen molar-refractivity contribution in [1.29, 1.82) is 5.26 Å². The lowest BCUT2D eigenvalue weighted by Gasteiger charge is -2.36. The van der Waals surface area contributed by atoms with Crippen LogP contribution in [0.1, 0.15) is 19.4 Å². The van der Waals surface area contributed by atoms with Gasteiger partial charge in [0.2, 0.25) is 0 Å². The van der Waals surface area contributed by atoms with Gasteiger partial charge in [0.25, 0.3) is 0 Å². The van der Waals surface area contributed by atoms with E-state index < -0.39 is 11.7 Å². The van der Waals surface area contributed by atoms with Crippen molar-refractivity contribution < 1.29 is 9.84 Å². The molecule has 1 aliphatic heterocycles. The molecule has 1 aromatic rings. The Kier molecular flexibility index (Phi) is 5.18. The van der Waals surface area contributed by atoms with Crippen LogP contribution in [-0.2, 0) is 0 Å². The quantitative estimate of drug-likeness (QED) is 0.846. The lowest BCUT2D eigenvalue weighted by Crippen LogP contribution is -2.52. The highest BCUT2D eigenvalue weighted by molar-refractivity contribution is 5.34. The molecule has 0 aromatic heterocycles. The molecule has 1 fully saturated rings. The van der Waals surface area contributed by atoms with E-state index in [9.17, 15) is 5.11 Å². The third-order valence-electron chi connectivity index (χ3n) is 3.81. The summed E-state index contributed by atoms with van der Waals surface area (Å²) in [4.78, 5) is 2.24. The number of rotatable bonds is 5. The summed E-state index contributed by atoms with van der Waals surface area (Å²) >= 11 is 0. The fourth-order valence-electron chi connectivity index (χ4n) is 2.33. The van der Waals surface area contributed by atoms with Gasteiger partial charge in [-0.3, -0.25) is 4.90 Å². The van der Waals surface area contributed by atoms with E-state index in [0.717, 1.165) is 26.2 Å². The number of aliphatic hydroxyl groups excluding tert-OH is 1. The lowest BCUT2D eigenvalue weighted by molar-refractivity contribution is -0.0456. The summed E-state index contributed by atoms with van der Waals surface area (Å²) in [6.07, 6.45) is -0.578. The normalized spacial score (nSPS) is 18.0. The Hall–Kier alpha value is -1.61. The van der Waals surface area contributed by atoms with Gasteiger partial charge in [0, 0.05) is 32.7 Å². The number of hydrogen-bond donors (Lipinski definition) is 2. The fourth-order valence-corrected chi connectivity index (χ4v) is 2.33. The summed E-state index contributed by atoms with van der Waals surface area (Å²) in [6, 6.07) is 9.03. The van der Waals surface area contributed by atoms with Crippen molar-refractivity contribution in [2.75, 3.05) is 32.7 Å². The topological polar surface area (TPSA) is 68.5 Å². The van der Waals surface area contributed by atoms with E-state index >= 15 is 0 Å². The minimum absolute atomic E-state index is 0.578. The maximum Gasteiger partial charge on any atom is 0.130 e. The van der Waals surface area contributed by atoms with Crippen LogP contribution in [0.3, 0.4) is 0 Å². The van der Waals surface area contributed by atoms with Gasteiger partial charge in [-0.1, -0.05) is 0 Å². The predicted molar refractivity (Wildman–Crippen MR) is 81.2 cm³/mol. The first-order valence-corrected chi connectivity index (χ1v) is 7.31. The molecule has 2 N–H and O–H groups in total. The van der Waals surface area contributed by atoms with Crippen LogP contribution in [0, 0.1) is 11.3 Å². The Balaban J connectivity index is 1.93. The van der Waals surface area contributed by atoms with Crippen LogP contribution in [0.5, 0.6) is 5.75 Å². The Morgan fingerprint density at radius 3 is 2.52 bits per heavy atom. The second kappa shape index (κ2) is 6.90.